The Balaban J connectivity index is -0.000000163. The number of hydrogen-bond acceptors (Lipinski definition) is 0. The Morgan fingerprint density at radius 3 is 1.60 bits per heavy atom. The van der Waals surface area contributed by atoms with Crippen LogP contribution in [0, 0.1) is 5.82 Å². The van der Waals surface area contributed by atoms with Gasteiger partial charge in [-0.25, -0.2) is 4.39 Å². The monoisotopic (exact) mass is 192 g/mol. The van der Waals surface area contributed by atoms with Gasteiger partial charge in [-0.15, -0.1) is 12.4 Å². The molecule has 0 aliphatic rings. The predicted octanol–water partition coefficient (Wildman–Crippen LogP) is 1.75. The molecule has 0 unspecified atom stereocenters. The molecule has 1 aromatic carbocycles. The minimum atomic E-state index is -0.178. The molecular formula is C6H8ClF2K. The molecule has 0 aliphatic heterocycles. The first-order chi connectivity index (χ1) is 3.39. The van der Waals surface area contributed by atoms with E-state index in [-0.39, 0.29) is 74.3 Å². The van der Waals surface area contributed by atoms with Gasteiger partial charge in [-0.05, 0) is 12.1 Å². The normalized spacial score (nSPS) is 6.10. The number of halogens is 3. The molecule has 0 saturated heterocycles. The van der Waals surface area contributed by atoms with Crippen molar-refractivity contribution < 1.29 is 9.09 Å². The fourth-order valence-corrected chi connectivity index (χ4v) is 0.415. The van der Waals surface area contributed by atoms with Gasteiger partial charge < -0.3 is 0 Å². The zero-order chi connectivity index (χ0) is 5.11. The van der Waals surface area contributed by atoms with Crippen molar-refractivity contribution in [3.8, 4) is 0 Å². The Hall–Kier alpha value is 1.01. The number of hydrogen-bond donors (Lipinski definition) is 0. The summed E-state index contributed by atoms with van der Waals surface area (Å²) in [5.74, 6) is -0.178. The van der Waals surface area contributed by atoms with Crippen molar-refractivity contribution in [2.75, 3.05) is 0 Å². The summed E-state index contributed by atoms with van der Waals surface area (Å²) in [5.41, 5.74) is 0. The van der Waals surface area contributed by atoms with Crippen LogP contribution in [-0.2, 0) is 0 Å². The van der Waals surface area contributed by atoms with E-state index in [0.717, 1.165) is 0 Å². The second-order valence-electron chi connectivity index (χ2n) is 1.30. The molecule has 0 saturated carbocycles. The predicted molar refractivity (Wildman–Crippen MR) is 43.3 cm³/mol. The molecule has 0 radical (unpaired) electrons. The molecule has 0 N–H and O–H groups in total. The second kappa shape index (κ2) is 10.0. The van der Waals surface area contributed by atoms with Gasteiger partial charge in [-0.3, -0.25) is 4.70 Å². The molecule has 0 bridgehead atoms. The summed E-state index contributed by atoms with van der Waals surface area (Å²) in [6, 6.07) is 7.94. The average molecular weight is 193 g/mol. The second-order valence-corrected chi connectivity index (χ2v) is 1.30. The quantitative estimate of drug-likeness (QED) is 0.550. The van der Waals surface area contributed by atoms with E-state index in [4.69, 9.17) is 0 Å². The zero-order valence-electron chi connectivity index (χ0n) is 4.58. The van der Waals surface area contributed by atoms with E-state index >= 15 is 0 Å². The van der Waals surface area contributed by atoms with Crippen LogP contribution in [-0.4, -0.2) is 51.4 Å². The molecule has 0 aliphatic carbocycles. The zero-order valence-corrected chi connectivity index (χ0v) is 5.40. The van der Waals surface area contributed by atoms with Crippen LogP contribution in [0.5, 0.6) is 0 Å². The molecule has 1 rings (SSSR count). The summed E-state index contributed by atoms with van der Waals surface area (Å²) in [6.45, 7) is 0. The molecule has 0 heterocycles. The molecule has 0 spiro atoms. The first-order valence-corrected chi connectivity index (χ1v) is 2.10. The third kappa shape index (κ3) is 7.12. The molecule has 1 aromatic rings. The van der Waals surface area contributed by atoms with Crippen LogP contribution in [0.15, 0.2) is 30.3 Å². The van der Waals surface area contributed by atoms with Crippen molar-refractivity contribution in [1.29, 1.82) is 0 Å². The molecule has 0 aromatic heterocycles. The SMILES string of the molecule is Cl.F.Fc1ccccc1.[KH]. The van der Waals surface area contributed by atoms with Crippen molar-refractivity contribution in [3.63, 3.8) is 0 Å². The Kier molecular flexibility index (Phi) is 17.2. The van der Waals surface area contributed by atoms with E-state index in [9.17, 15) is 4.39 Å². The van der Waals surface area contributed by atoms with Gasteiger partial charge in [0.1, 0.15) is 5.82 Å². The first-order valence-electron chi connectivity index (χ1n) is 2.10. The minimum absolute atomic E-state index is 0. The van der Waals surface area contributed by atoms with Crippen LogP contribution in [0.4, 0.5) is 9.09 Å². The van der Waals surface area contributed by atoms with Crippen molar-refractivity contribution in [2.45, 2.75) is 0 Å². The van der Waals surface area contributed by atoms with Gasteiger partial charge in [0.05, 0.1) is 0 Å². The van der Waals surface area contributed by atoms with Crippen LogP contribution in [0.25, 0.3) is 0 Å². The summed E-state index contributed by atoms with van der Waals surface area (Å²) in [6.07, 6.45) is 0. The van der Waals surface area contributed by atoms with Crippen LogP contribution >= 0.6 is 12.4 Å². The third-order valence-electron chi connectivity index (χ3n) is 0.733. The van der Waals surface area contributed by atoms with E-state index in [0.29, 0.717) is 0 Å². The Labute approximate surface area is 107 Å². The standard InChI is InChI=1S/C6H5F.ClH.FH.K.H/c7-6-4-2-1-3-5-6;;;;/h1-5H;2*1H;;. The van der Waals surface area contributed by atoms with Gasteiger partial charge >= 0.3 is 51.4 Å². The van der Waals surface area contributed by atoms with Crippen molar-refractivity contribution in [3.05, 3.63) is 36.1 Å². The first kappa shape index (κ1) is 17.2. The van der Waals surface area contributed by atoms with Crippen molar-refractivity contribution in [1.82, 2.24) is 0 Å². The van der Waals surface area contributed by atoms with E-state index < -0.39 is 0 Å². The number of benzene rings is 1. The van der Waals surface area contributed by atoms with Crippen molar-refractivity contribution in [2.24, 2.45) is 0 Å². The maximum atomic E-state index is 11.9. The van der Waals surface area contributed by atoms with Gasteiger partial charge in [-0.2, -0.15) is 0 Å². The summed E-state index contributed by atoms with van der Waals surface area (Å²) in [7, 11) is 0. The molecule has 10 heavy (non-hydrogen) atoms. The van der Waals surface area contributed by atoms with E-state index in [1.54, 1.807) is 18.2 Å². The van der Waals surface area contributed by atoms with Gasteiger partial charge in [0.2, 0.25) is 0 Å². The van der Waals surface area contributed by atoms with Crippen molar-refractivity contribution >= 4 is 63.8 Å². The molecule has 0 nitrogen and oxygen atoms in total. The summed E-state index contributed by atoms with van der Waals surface area (Å²) in [4.78, 5) is 0. The molecule has 4 heteroatoms. The van der Waals surface area contributed by atoms with Crippen LogP contribution in [0.1, 0.15) is 0 Å². The molecule has 54 valence electrons. The Morgan fingerprint density at radius 2 is 1.40 bits per heavy atom. The van der Waals surface area contributed by atoms with Gasteiger partial charge in [0.15, 0.2) is 0 Å². The summed E-state index contributed by atoms with van der Waals surface area (Å²) >= 11 is 0. The van der Waals surface area contributed by atoms with Crippen LogP contribution in [0.3, 0.4) is 0 Å². The van der Waals surface area contributed by atoms with E-state index in [2.05, 4.69) is 0 Å². The van der Waals surface area contributed by atoms with E-state index in [1.807, 2.05) is 0 Å². The molecular weight excluding hydrogens is 185 g/mol. The Bertz CT molecular complexity index is 146. The van der Waals surface area contributed by atoms with Gasteiger partial charge in [-0.1, -0.05) is 18.2 Å². The van der Waals surface area contributed by atoms with Crippen LogP contribution in [0.2, 0.25) is 0 Å². The van der Waals surface area contributed by atoms with Gasteiger partial charge in [0.25, 0.3) is 0 Å². The number of rotatable bonds is 0. The molecule has 0 atom stereocenters. The maximum absolute atomic E-state index is 11.9. The Morgan fingerprint density at radius 1 is 1.00 bits per heavy atom. The fraction of sp³-hybridized carbons (Fsp3) is 0. The average Bonchev–Trinajstić information content (AvgIpc) is 1.69. The molecule has 0 amide bonds. The topological polar surface area (TPSA) is 0 Å². The molecule has 0 fully saturated rings. The third-order valence-corrected chi connectivity index (χ3v) is 0.733. The van der Waals surface area contributed by atoms with Gasteiger partial charge in [0, 0.05) is 0 Å². The van der Waals surface area contributed by atoms with E-state index in [1.165, 1.54) is 12.1 Å². The van der Waals surface area contributed by atoms with Crippen LogP contribution < -0.4 is 0 Å². The summed E-state index contributed by atoms with van der Waals surface area (Å²) in [5, 5.41) is 0. The summed E-state index contributed by atoms with van der Waals surface area (Å²) < 4.78 is 11.9. The fourth-order valence-electron chi connectivity index (χ4n) is 0.415.